The van der Waals surface area contributed by atoms with Gasteiger partial charge in [-0.05, 0) is 94.7 Å². The molecule has 0 spiro atoms. The predicted molar refractivity (Wildman–Crippen MR) is 192 cm³/mol. The van der Waals surface area contributed by atoms with E-state index in [0.717, 1.165) is 0 Å². The van der Waals surface area contributed by atoms with E-state index >= 15 is 0 Å². The first-order valence-electron chi connectivity index (χ1n) is 15.4. The Bertz CT molecular complexity index is 2630. The van der Waals surface area contributed by atoms with Crippen molar-refractivity contribution < 1.29 is 0 Å². The van der Waals surface area contributed by atoms with Crippen molar-refractivity contribution in [2.75, 3.05) is 0 Å². The van der Waals surface area contributed by atoms with Crippen LogP contribution in [0.25, 0.3) is 85.5 Å². The summed E-state index contributed by atoms with van der Waals surface area (Å²) < 4.78 is 2.68. The van der Waals surface area contributed by atoms with Crippen molar-refractivity contribution in [3.63, 3.8) is 0 Å². The molecule has 206 valence electrons. The van der Waals surface area contributed by atoms with Crippen molar-refractivity contribution in [1.82, 2.24) is 0 Å². The lowest BCUT2D eigenvalue weighted by atomic mass is 9.81. The van der Waals surface area contributed by atoms with Gasteiger partial charge in [0.1, 0.15) is 0 Å². The molecule has 0 radical (unpaired) electrons. The molecule has 0 N–H and O–H groups in total. The second-order valence-electron chi connectivity index (χ2n) is 12.8. The van der Waals surface area contributed by atoms with Gasteiger partial charge in [0.2, 0.25) is 0 Å². The molecule has 1 aromatic heterocycles. The Labute approximate surface area is 259 Å². The quantitative estimate of drug-likeness (QED) is 0.142. The van der Waals surface area contributed by atoms with Gasteiger partial charge in [-0.15, -0.1) is 11.3 Å². The van der Waals surface area contributed by atoms with Crippen molar-refractivity contribution >= 4 is 74.6 Å². The lowest BCUT2D eigenvalue weighted by molar-refractivity contribution is 0.663. The average Bonchev–Trinajstić information content (AvgIpc) is 3.56. The standard InChI is InChI=1S/C43H28S/c1-43(2)34-20-9-12-25-24-33(30-18-10-21-35(43)42(30)38(25)34)40-28-15-5-3-13-26(28)39(27-14-4-6-16-29(27)40)32-19-11-23-37-41(32)31-17-7-8-22-36(31)44-37/h3-24H,1-2H3. The summed E-state index contributed by atoms with van der Waals surface area (Å²) >= 11 is 1.89. The van der Waals surface area contributed by atoms with Crippen LogP contribution >= 0.6 is 11.3 Å². The van der Waals surface area contributed by atoms with Gasteiger partial charge >= 0.3 is 0 Å². The summed E-state index contributed by atoms with van der Waals surface area (Å²) in [6, 6.07) is 50.2. The first-order chi connectivity index (χ1) is 21.6. The van der Waals surface area contributed by atoms with E-state index in [9.17, 15) is 0 Å². The fraction of sp³-hybridized carbons (Fsp3) is 0.0698. The fourth-order valence-electron chi connectivity index (χ4n) is 8.33. The number of rotatable bonds is 2. The maximum atomic E-state index is 2.47. The third-order valence-electron chi connectivity index (χ3n) is 10.2. The van der Waals surface area contributed by atoms with Gasteiger partial charge in [-0.25, -0.2) is 0 Å². The number of hydrogen-bond acceptors (Lipinski definition) is 1. The Kier molecular flexibility index (Phi) is 4.76. The second-order valence-corrected chi connectivity index (χ2v) is 13.9. The molecular formula is C43H28S. The van der Waals surface area contributed by atoms with E-state index in [-0.39, 0.29) is 5.41 Å². The number of thiophene rings is 1. The van der Waals surface area contributed by atoms with Crippen LogP contribution < -0.4 is 0 Å². The third kappa shape index (κ3) is 3.02. The first-order valence-corrected chi connectivity index (χ1v) is 16.3. The van der Waals surface area contributed by atoms with Crippen LogP contribution in [0.4, 0.5) is 0 Å². The summed E-state index contributed by atoms with van der Waals surface area (Å²) in [7, 11) is 0. The summed E-state index contributed by atoms with van der Waals surface area (Å²) in [5.41, 5.74) is 8.15. The van der Waals surface area contributed by atoms with Crippen LogP contribution in [-0.2, 0) is 5.41 Å². The molecule has 9 aromatic rings. The lowest BCUT2D eigenvalue weighted by Crippen LogP contribution is -2.14. The smallest absolute Gasteiger partial charge is 0.0361 e. The Balaban J connectivity index is 1.40. The molecular weight excluding hydrogens is 549 g/mol. The van der Waals surface area contributed by atoms with Gasteiger partial charge in [0, 0.05) is 25.6 Å². The van der Waals surface area contributed by atoms with Gasteiger partial charge < -0.3 is 0 Å². The van der Waals surface area contributed by atoms with Crippen molar-refractivity contribution in [1.29, 1.82) is 0 Å². The Hall–Kier alpha value is -4.98. The lowest BCUT2D eigenvalue weighted by Gasteiger charge is -2.21. The average molecular weight is 577 g/mol. The molecule has 0 saturated carbocycles. The number of hydrogen-bond donors (Lipinski definition) is 0. The van der Waals surface area contributed by atoms with Crippen LogP contribution in [0, 0.1) is 0 Å². The van der Waals surface area contributed by atoms with E-state index in [1.807, 2.05) is 11.3 Å². The molecule has 0 nitrogen and oxygen atoms in total. The van der Waals surface area contributed by atoms with E-state index in [4.69, 9.17) is 0 Å². The summed E-state index contributed by atoms with van der Waals surface area (Å²) in [4.78, 5) is 0. The van der Waals surface area contributed by atoms with Crippen LogP contribution in [0.15, 0.2) is 133 Å². The fourth-order valence-corrected chi connectivity index (χ4v) is 9.47. The van der Waals surface area contributed by atoms with Crippen LogP contribution in [0.1, 0.15) is 25.0 Å². The van der Waals surface area contributed by atoms with Crippen LogP contribution in [0.5, 0.6) is 0 Å². The SMILES string of the molecule is CC1(C)c2cccc3cc(-c4c5ccccc5c(-c5cccc6sc7ccccc7c56)c5ccccc45)c4cccc1c4c23. The highest BCUT2D eigenvalue weighted by molar-refractivity contribution is 7.25. The largest absolute Gasteiger partial charge is 0.135 e. The first kappa shape index (κ1) is 24.5. The van der Waals surface area contributed by atoms with E-state index in [1.165, 1.54) is 96.6 Å². The molecule has 0 bridgehead atoms. The molecule has 1 aliphatic rings. The maximum Gasteiger partial charge on any atom is 0.0361 e. The van der Waals surface area contributed by atoms with Gasteiger partial charge in [-0.1, -0.05) is 129 Å². The molecule has 0 fully saturated rings. The second kappa shape index (κ2) is 8.56. The summed E-state index contributed by atoms with van der Waals surface area (Å²) in [5.74, 6) is 0. The zero-order chi connectivity index (χ0) is 29.2. The summed E-state index contributed by atoms with van der Waals surface area (Å²) in [6.07, 6.45) is 0. The molecule has 10 rings (SSSR count). The molecule has 44 heavy (non-hydrogen) atoms. The molecule has 1 aliphatic carbocycles. The van der Waals surface area contributed by atoms with Crippen molar-refractivity contribution in [2.24, 2.45) is 0 Å². The monoisotopic (exact) mass is 576 g/mol. The molecule has 1 heteroatoms. The van der Waals surface area contributed by atoms with E-state index in [1.54, 1.807) is 0 Å². The molecule has 0 amide bonds. The van der Waals surface area contributed by atoms with Crippen molar-refractivity contribution in [3.05, 3.63) is 145 Å². The highest BCUT2D eigenvalue weighted by Crippen LogP contribution is 2.53. The molecule has 0 saturated heterocycles. The van der Waals surface area contributed by atoms with Crippen molar-refractivity contribution in [2.45, 2.75) is 19.3 Å². The van der Waals surface area contributed by atoms with Crippen LogP contribution in [-0.4, -0.2) is 0 Å². The van der Waals surface area contributed by atoms with Crippen molar-refractivity contribution in [3.8, 4) is 22.3 Å². The Morgan fingerprint density at radius 1 is 0.409 bits per heavy atom. The minimum atomic E-state index is -0.0179. The van der Waals surface area contributed by atoms with Crippen LogP contribution in [0.2, 0.25) is 0 Å². The number of benzene rings is 8. The number of fused-ring (bicyclic) bond motifs is 5. The normalized spacial score (nSPS) is 13.9. The highest BCUT2D eigenvalue weighted by atomic mass is 32.1. The molecule has 0 aliphatic heterocycles. The Morgan fingerprint density at radius 3 is 1.64 bits per heavy atom. The highest BCUT2D eigenvalue weighted by Gasteiger charge is 2.34. The predicted octanol–water partition coefficient (Wildman–Crippen LogP) is 12.6. The summed E-state index contributed by atoms with van der Waals surface area (Å²) in [5, 5.41) is 13.4. The van der Waals surface area contributed by atoms with Gasteiger partial charge in [0.05, 0.1) is 0 Å². The van der Waals surface area contributed by atoms with Crippen LogP contribution in [0.3, 0.4) is 0 Å². The molecule has 1 heterocycles. The van der Waals surface area contributed by atoms with E-state index in [2.05, 4.69) is 147 Å². The topological polar surface area (TPSA) is 0 Å². The van der Waals surface area contributed by atoms with E-state index < -0.39 is 0 Å². The Morgan fingerprint density at radius 2 is 0.932 bits per heavy atom. The zero-order valence-electron chi connectivity index (χ0n) is 24.6. The van der Waals surface area contributed by atoms with Gasteiger partial charge in [-0.2, -0.15) is 0 Å². The molecule has 8 aromatic carbocycles. The van der Waals surface area contributed by atoms with Gasteiger partial charge in [0.25, 0.3) is 0 Å². The molecule has 0 atom stereocenters. The molecule has 0 unspecified atom stereocenters. The zero-order valence-corrected chi connectivity index (χ0v) is 25.4. The summed E-state index contributed by atoms with van der Waals surface area (Å²) in [6.45, 7) is 4.76. The van der Waals surface area contributed by atoms with Gasteiger partial charge in [0.15, 0.2) is 0 Å². The third-order valence-corrected chi connectivity index (χ3v) is 11.4. The van der Waals surface area contributed by atoms with Gasteiger partial charge in [-0.3, -0.25) is 0 Å². The maximum absolute atomic E-state index is 2.47. The van der Waals surface area contributed by atoms with E-state index in [0.29, 0.717) is 0 Å². The minimum Gasteiger partial charge on any atom is -0.135 e. The minimum absolute atomic E-state index is 0.0179.